The van der Waals surface area contributed by atoms with Gasteiger partial charge in [-0.25, -0.2) is 0 Å². The lowest BCUT2D eigenvalue weighted by Crippen LogP contribution is -2.29. The average molecular weight is 484 g/mol. The summed E-state index contributed by atoms with van der Waals surface area (Å²) < 4.78 is 17.9. The third-order valence-electron chi connectivity index (χ3n) is 6.41. The summed E-state index contributed by atoms with van der Waals surface area (Å²) in [5, 5.41) is 0.458. The number of amides is 1. The number of unbranched alkanes of at least 4 members (excludes halogenated alkanes) is 1. The highest BCUT2D eigenvalue weighted by Gasteiger charge is 2.43. The highest BCUT2D eigenvalue weighted by molar-refractivity contribution is 5.99. The van der Waals surface area contributed by atoms with E-state index in [1.165, 1.54) is 0 Å². The van der Waals surface area contributed by atoms with Crippen LogP contribution in [0.4, 0.5) is 0 Å². The van der Waals surface area contributed by atoms with Crippen molar-refractivity contribution in [2.24, 2.45) is 0 Å². The van der Waals surface area contributed by atoms with Crippen LogP contribution in [0.2, 0.25) is 0 Å². The minimum atomic E-state index is -0.613. The average Bonchev–Trinajstić information content (AvgIpc) is 3.17. The standard InChI is InChI=1S/C30H29NO5/c1-3-5-17-35-24-16-15-21(18-25(24)34-4-2)27-26-28(32)22-13-9-10-14-23(22)36-29(26)30(33)31(27)19-20-11-7-6-8-12-20/h6-16,18,27H,3-5,17,19H2,1-2H3. The van der Waals surface area contributed by atoms with Crippen LogP contribution in [-0.2, 0) is 6.54 Å². The van der Waals surface area contributed by atoms with Gasteiger partial charge in [-0.3, -0.25) is 9.59 Å². The largest absolute Gasteiger partial charge is 0.490 e. The topological polar surface area (TPSA) is 69.0 Å². The Bertz CT molecular complexity index is 1440. The molecule has 6 heteroatoms. The van der Waals surface area contributed by atoms with E-state index in [4.69, 9.17) is 13.9 Å². The van der Waals surface area contributed by atoms with Crippen molar-refractivity contribution in [3.8, 4) is 11.5 Å². The van der Waals surface area contributed by atoms with E-state index in [0.717, 1.165) is 24.0 Å². The van der Waals surface area contributed by atoms with Gasteiger partial charge in [0, 0.05) is 6.54 Å². The van der Waals surface area contributed by atoms with Crippen molar-refractivity contribution in [1.82, 2.24) is 4.90 Å². The smallest absolute Gasteiger partial charge is 0.291 e. The van der Waals surface area contributed by atoms with Gasteiger partial charge in [0.05, 0.1) is 30.2 Å². The van der Waals surface area contributed by atoms with E-state index >= 15 is 0 Å². The molecule has 2 heterocycles. The van der Waals surface area contributed by atoms with E-state index in [-0.39, 0.29) is 17.1 Å². The Morgan fingerprint density at radius 3 is 2.44 bits per heavy atom. The fourth-order valence-corrected chi connectivity index (χ4v) is 4.67. The van der Waals surface area contributed by atoms with Crippen LogP contribution in [0.5, 0.6) is 11.5 Å². The van der Waals surface area contributed by atoms with Crippen LogP contribution in [0.25, 0.3) is 11.0 Å². The Kier molecular flexibility index (Phi) is 6.76. The molecular formula is C30H29NO5. The maximum Gasteiger partial charge on any atom is 0.291 e. The highest BCUT2D eigenvalue weighted by Crippen LogP contribution is 2.41. The Labute approximate surface area is 210 Å². The molecule has 36 heavy (non-hydrogen) atoms. The molecule has 5 rings (SSSR count). The molecule has 4 aromatic rings. The summed E-state index contributed by atoms with van der Waals surface area (Å²) in [5.41, 5.74) is 2.31. The molecule has 0 fully saturated rings. The fraction of sp³-hybridized carbons (Fsp3) is 0.267. The van der Waals surface area contributed by atoms with Gasteiger partial charge >= 0.3 is 0 Å². The Hall–Kier alpha value is -4.06. The second kappa shape index (κ2) is 10.3. The molecule has 0 N–H and O–H groups in total. The summed E-state index contributed by atoms with van der Waals surface area (Å²) in [6.45, 7) is 5.42. The molecule has 1 aromatic heterocycles. The van der Waals surface area contributed by atoms with Crippen LogP contribution in [0, 0.1) is 0 Å². The maximum atomic E-state index is 13.7. The molecule has 0 bridgehead atoms. The number of para-hydroxylation sites is 1. The van der Waals surface area contributed by atoms with Crippen molar-refractivity contribution in [2.45, 2.75) is 39.3 Å². The van der Waals surface area contributed by atoms with E-state index in [0.29, 0.717) is 47.8 Å². The monoisotopic (exact) mass is 483 g/mol. The van der Waals surface area contributed by atoms with Gasteiger partial charge < -0.3 is 18.8 Å². The summed E-state index contributed by atoms with van der Waals surface area (Å²) >= 11 is 0. The Balaban J connectivity index is 1.65. The van der Waals surface area contributed by atoms with Crippen LogP contribution in [0.1, 0.15) is 60.0 Å². The molecule has 1 aliphatic rings. The highest BCUT2D eigenvalue weighted by atomic mass is 16.5. The normalized spacial score (nSPS) is 14.8. The number of carbonyl (C=O) groups is 1. The molecule has 1 unspecified atom stereocenters. The zero-order valence-electron chi connectivity index (χ0n) is 20.5. The lowest BCUT2D eigenvalue weighted by atomic mass is 9.97. The van der Waals surface area contributed by atoms with Gasteiger partial charge in [0.15, 0.2) is 16.9 Å². The minimum absolute atomic E-state index is 0.0980. The first-order valence-electron chi connectivity index (χ1n) is 12.4. The predicted octanol–water partition coefficient (Wildman–Crippen LogP) is 6.12. The number of benzene rings is 3. The minimum Gasteiger partial charge on any atom is -0.490 e. The van der Waals surface area contributed by atoms with E-state index in [1.807, 2.05) is 55.5 Å². The lowest BCUT2D eigenvalue weighted by Gasteiger charge is -2.26. The number of carbonyl (C=O) groups excluding carboxylic acids is 1. The summed E-state index contributed by atoms with van der Waals surface area (Å²) in [6, 6.07) is 21.8. The summed E-state index contributed by atoms with van der Waals surface area (Å²) in [6.07, 6.45) is 1.97. The molecule has 0 saturated carbocycles. The first-order valence-corrected chi connectivity index (χ1v) is 12.4. The summed E-state index contributed by atoms with van der Waals surface area (Å²) in [5.74, 6) is 1.04. The fourth-order valence-electron chi connectivity index (χ4n) is 4.67. The van der Waals surface area contributed by atoms with Gasteiger partial charge in [-0.1, -0.05) is 61.9 Å². The summed E-state index contributed by atoms with van der Waals surface area (Å²) in [7, 11) is 0. The third kappa shape index (κ3) is 4.35. The van der Waals surface area contributed by atoms with Crippen molar-refractivity contribution >= 4 is 16.9 Å². The van der Waals surface area contributed by atoms with Gasteiger partial charge in [-0.05, 0) is 48.7 Å². The molecular weight excluding hydrogens is 454 g/mol. The Morgan fingerprint density at radius 2 is 1.67 bits per heavy atom. The first-order chi connectivity index (χ1) is 17.6. The Morgan fingerprint density at radius 1 is 0.889 bits per heavy atom. The molecule has 3 aromatic carbocycles. The van der Waals surface area contributed by atoms with Crippen LogP contribution in [-0.4, -0.2) is 24.0 Å². The van der Waals surface area contributed by atoms with E-state index in [9.17, 15) is 9.59 Å². The van der Waals surface area contributed by atoms with Crippen LogP contribution in [0.15, 0.2) is 82.0 Å². The van der Waals surface area contributed by atoms with Crippen molar-refractivity contribution in [1.29, 1.82) is 0 Å². The van der Waals surface area contributed by atoms with E-state index < -0.39 is 6.04 Å². The summed E-state index contributed by atoms with van der Waals surface area (Å²) in [4.78, 5) is 29.1. The molecule has 1 amide bonds. The van der Waals surface area contributed by atoms with Crippen LogP contribution < -0.4 is 14.9 Å². The number of fused-ring (bicyclic) bond motifs is 2. The van der Waals surface area contributed by atoms with Gasteiger partial charge in [0.25, 0.3) is 5.91 Å². The predicted molar refractivity (Wildman–Crippen MR) is 139 cm³/mol. The number of ether oxygens (including phenoxy) is 2. The van der Waals surface area contributed by atoms with Gasteiger partial charge in [0.2, 0.25) is 5.76 Å². The van der Waals surface area contributed by atoms with Crippen LogP contribution >= 0.6 is 0 Å². The molecule has 6 nitrogen and oxygen atoms in total. The van der Waals surface area contributed by atoms with Crippen molar-refractivity contribution in [3.05, 3.63) is 105 Å². The molecule has 0 saturated heterocycles. The number of rotatable bonds is 9. The maximum absolute atomic E-state index is 13.7. The van der Waals surface area contributed by atoms with Gasteiger partial charge in [0.1, 0.15) is 5.58 Å². The third-order valence-corrected chi connectivity index (χ3v) is 6.41. The quantitative estimate of drug-likeness (QED) is 0.269. The lowest BCUT2D eigenvalue weighted by molar-refractivity contribution is 0.0714. The molecule has 1 aliphatic heterocycles. The molecule has 0 aliphatic carbocycles. The van der Waals surface area contributed by atoms with Gasteiger partial charge in [-0.15, -0.1) is 0 Å². The molecule has 0 spiro atoms. The first kappa shape index (κ1) is 23.7. The van der Waals surface area contributed by atoms with Gasteiger partial charge in [-0.2, -0.15) is 0 Å². The zero-order chi connectivity index (χ0) is 25.1. The SMILES string of the molecule is CCCCOc1ccc(C2c3c(oc4ccccc4c3=O)C(=O)N2Cc2ccccc2)cc1OCC. The van der Waals surface area contributed by atoms with Crippen molar-refractivity contribution < 1.29 is 18.7 Å². The number of hydrogen-bond acceptors (Lipinski definition) is 5. The molecule has 184 valence electrons. The van der Waals surface area contributed by atoms with Crippen LogP contribution in [0.3, 0.4) is 0 Å². The van der Waals surface area contributed by atoms with E-state index in [2.05, 4.69) is 6.92 Å². The number of nitrogens with zero attached hydrogens (tertiary/aromatic N) is 1. The van der Waals surface area contributed by atoms with Crippen molar-refractivity contribution in [3.63, 3.8) is 0 Å². The second-order valence-corrected chi connectivity index (χ2v) is 8.83. The molecule has 0 radical (unpaired) electrons. The van der Waals surface area contributed by atoms with E-state index in [1.54, 1.807) is 29.2 Å². The second-order valence-electron chi connectivity index (χ2n) is 8.83. The molecule has 1 atom stereocenters. The number of hydrogen-bond donors (Lipinski definition) is 0. The van der Waals surface area contributed by atoms with Crippen molar-refractivity contribution in [2.75, 3.05) is 13.2 Å². The zero-order valence-corrected chi connectivity index (χ0v) is 20.5.